The van der Waals surface area contributed by atoms with Gasteiger partial charge in [0.1, 0.15) is 5.75 Å². The van der Waals surface area contributed by atoms with Crippen molar-refractivity contribution in [2.75, 3.05) is 27.2 Å². The third-order valence-corrected chi connectivity index (χ3v) is 5.60. The number of hydrogen-bond donors (Lipinski definition) is 1. The van der Waals surface area contributed by atoms with Crippen LogP contribution in [0.1, 0.15) is 44.7 Å². The van der Waals surface area contributed by atoms with Crippen molar-refractivity contribution in [3.63, 3.8) is 0 Å². The lowest BCUT2D eigenvalue weighted by atomic mass is 9.92. The molecule has 0 aromatic heterocycles. The van der Waals surface area contributed by atoms with Crippen LogP contribution >= 0.6 is 0 Å². The third kappa shape index (κ3) is 4.11. The Hall–Kier alpha value is -1.10. The first-order chi connectivity index (χ1) is 11.6. The van der Waals surface area contributed by atoms with Crippen molar-refractivity contribution in [3.05, 3.63) is 29.8 Å². The first-order valence-electron chi connectivity index (χ1n) is 9.30. The molecule has 0 bridgehead atoms. The van der Waals surface area contributed by atoms with Crippen LogP contribution in [0.5, 0.6) is 5.75 Å². The summed E-state index contributed by atoms with van der Waals surface area (Å²) < 4.78 is 11.2. The normalized spacial score (nSPS) is 34.4. The van der Waals surface area contributed by atoms with E-state index in [0.29, 0.717) is 30.2 Å². The van der Waals surface area contributed by atoms with Gasteiger partial charge in [-0.25, -0.2) is 0 Å². The lowest BCUT2D eigenvalue weighted by Gasteiger charge is -2.34. The lowest BCUT2D eigenvalue weighted by molar-refractivity contribution is -0.0425. The highest BCUT2D eigenvalue weighted by atomic mass is 16.5. The molecule has 2 heterocycles. The van der Waals surface area contributed by atoms with Crippen molar-refractivity contribution in [3.8, 4) is 5.75 Å². The van der Waals surface area contributed by atoms with Gasteiger partial charge in [-0.2, -0.15) is 0 Å². The van der Waals surface area contributed by atoms with E-state index in [1.807, 2.05) is 0 Å². The van der Waals surface area contributed by atoms with Crippen molar-refractivity contribution in [1.82, 2.24) is 10.2 Å². The lowest BCUT2D eigenvalue weighted by Crippen LogP contribution is -2.43. The van der Waals surface area contributed by atoms with Gasteiger partial charge in [-0.3, -0.25) is 4.90 Å². The molecule has 0 saturated carbocycles. The number of rotatable bonds is 5. The van der Waals surface area contributed by atoms with Crippen LogP contribution in [0.3, 0.4) is 0 Å². The molecular weight excluding hydrogens is 300 g/mol. The third-order valence-electron chi connectivity index (χ3n) is 5.60. The highest BCUT2D eigenvalue weighted by Gasteiger charge is 2.34. The van der Waals surface area contributed by atoms with Crippen LogP contribution in [0.2, 0.25) is 0 Å². The Morgan fingerprint density at radius 2 is 1.83 bits per heavy atom. The molecule has 1 aromatic carbocycles. The SMILES string of the molecule is COc1ccc([C@@H]2[C@H](CNC3C[C@H](C)O[C@@H](C)C3)CCN2C)cc1. The van der Waals surface area contributed by atoms with Gasteiger partial charge in [-0.15, -0.1) is 0 Å². The first kappa shape index (κ1) is 17.7. The highest BCUT2D eigenvalue weighted by molar-refractivity contribution is 5.30. The molecule has 4 heteroatoms. The molecule has 1 N–H and O–H groups in total. The Morgan fingerprint density at radius 3 is 2.46 bits per heavy atom. The van der Waals surface area contributed by atoms with Crippen LogP contribution in [-0.2, 0) is 4.74 Å². The quantitative estimate of drug-likeness (QED) is 0.897. The average molecular weight is 332 g/mol. The summed E-state index contributed by atoms with van der Waals surface area (Å²) >= 11 is 0. The predicted molar refractivity (Wildman–Crippen MR) is 97.5 cm³/mol. The van der Waals surface area contributed by atoms with Crippen molar-refractivity contribution in [2.24, 2.45) is 5.92 Å². The Labute approximate surface area is 146 Å². The number of nitrogens with one attached hydrogen (secondary N) is 1. The maximum Gasteiger partial charge on any atom is 0.118 e. The minimum Gasteiger partial charge on any atom is -0.497 e. The number of nitrogens with zero attached hydrogens (tertiary/aromatic N) is 1. The Bertz CT molecular complexity index is 509. The number of likely N-dealkylation sites (tertiary alicyclic amines) is 1. The molecule has 0 radical (unpaired) electrons. The molecular formula is C20H32N2O2. The molecule has 24 heavy (non-hydrogen) atoms. The van der Waals surface area contributed by atoms with Crippen molar-refractivity contribution in [1.29, 1.82) is 0 Å². The smallest absolute Gasteiger partial charge is 0.118 e. The van der Waals surface area contributed by atoms with Crippen LogP contribution in [0, 0.1) is 5.92 Å². The van der Waals surface area contributed by atoms with Crippen LogP contribution in [-0.4, -0.2) is 50.4 Å². The maximum atomic E-state index is 5.86. The van der Waals surface area contributed by atoms with E-state index >= 15 is 0 Å². The van der Waals surface area contributed by atoms with Gasteiger partial charge in [0.05, 0.1) is 19.3 Å². The van der Waals surface area contributed by atoms with E-state index in [-0.39, 0.29) is 0 Å². The zero-order valence-electron chi connectivity index (χ0n) is 15.5. The fourth-order valence-corrected chi connectivity index (χ4v) is 4.46. The fraction of sp³-hybridized carbons (Fsp3) is 0.700. The second-order valence-electron chi connectivity index (χ2n) is 7.58. The molecule has 2 fully saturated rings. The Balaban J connectivity index is 1.61. The summed E-state index contributed by atoms with van der Waals surface area (Å²) in [7, 11) is 3.97. The molecule has 2 saturated heterocycles. The number of ether oxygens (including phenoxy) is 2. The zero-order valence-corrected chi connectivity index (χ0v) is 15.5. The summed E-state index contributed by atoms with van der Waals surface area (Å²) in [6.45, 7) is 6.64. The summed E-state index contributed by atoms with van der Waals surface area (Å²) in [5, 5.41) is 3.84. The summed E-state index contributed by atoms with van der Waals surface area (Å²) in [6.07, 6.45) is 4.25. The van der Waals surface area contributed by atoms with E-state index in [0.717, 1.165) is 25.1 Å². The molecule has 0 spiro atoms. The van der Waals surface area contributed by atoms with Crippen LogP contribution < -0.4 is 10.1 Å². The van der Waals surface area contributed by atoms with E-state index < -0.39 is 0 Å². The molecule has 1 aromatic rings. The summed E-state index contributed by atoms with van der Waals surface area (Å²) in [5.41, 5.74) is 1.40. The molecule has 0 aliphatic carbocycles. The summed E-state index contributed by atoms with van der Waals surface area (Å²) in [5.74, 6) is 1.59. The van der Waals surface area contributed by atoms with Gasteiger partial charge in [0, 0.05) is 18.6 Å². The van der Waals surface area contributed by atoms with Gasteiger partial charge in [0.25, 0.3) is 0 Å². The highest BCUT2D eigenvalue weighted by Crippen LogP contribution is 2.36. The summed E-state index contributed by atoms with van der Waals surface area (Å²) in [6, 6.07) is 9.68. The molecule has 3 rings (SSSR count). The summed E-state index contributed by atoms with van der Waals surface area (Å²) in [4.78, 5) is 2.49. The van der Waals surface area contributed by atoms with Gasteiger partial charge in [-0.1, -0.05) is 12.1 Å². The van der Waals surface area contributed by atoms with Gasteiger partial charge in [0.15, 0.2) is 0 Å². The minimum absolute atomic E-state index is 0.370. The Morgan fingerprint density at radius 1 is 1.17 bits per heavy atom. The second-order valence-corrected chi connectivity index (χ2v) is 7.58. The minimum atomic E-state index is 0.370. The van der Waals surface area contributed by atoms with Gasteiger partial charge >= 0.3 is 0 Å². The molecule has 2 aliphatic rings. The largest absolute Gasteiger partial charge is 0.497 e. The topological polar surface area (TPSA) is 33.7 Å². The monoisotopic (exact) mass is 332 g/mol. The van der Waals surface area contributed by atoms with Crippen molar-refractivity contribution < 1.29 is 9.47 Å². The maximum absolute atomic E-state index is 5.86. The second kappa shape index (κ2) is 7.85. The van der Waals surface area contributed by atoms with Crippen LogP contribution in [0.15, 0.2) is 24.3 Å². The van der Waals surface area contributed by atoms with E-state index in [1.165, 1.54) is 18.5 Å². The van der Waals surface area contributed by atoms with Gasteiger partial charge in [0.2, 0.25) is 0 Å². The average Bonchev–Trinajstić information content (AvgIpc) is 2.93. The van der Waals surface area contributed by atoms with E-state index in [2.05, 4.69) is 55.4 Å². The number of benzene rings is 1. The molecule has 0 amide bonds. The fourth-order valence-electron chi connectivity index (χ4n) is 4.46. The molecule has 4 nitrogen and oxygen atoms in total. The van der Waals surface area contributed by atoms with Crippen molar-refractivity contribution >= 4 is 0 Å². The zero-order chi connectivity index (χ0) is 17.1. The number of hydrogen-bond acceptors (Lipinski definition) is 4. The van der Waals surface area contributed by atoms with Crippen LogP contribution in [0.25, 0.3) is 0 Å². The molecule has 134 valence electrons. The predicted octanol–water partition coefficient (Wildman–Crippen LogP) is 3.23. The van der Waals surface area contributed by atoms with Crippen molar-refractivity contribution in [2.45, 2.75) is 57.4 Å². The van der Waals surface area contributed by atoms with Gasteiger partial charge in [-0.05, 0) is 70.3 Å². The number of methoxy groups -OCH3 is 1. The van der Waals surface area contributed by atoms with E-state index in [4.69, 9.17) is 9.47 Å². The van der Waals surface area contributed by atoms with E-state index in [1.54, 1.807) is 7.11 Å². The standard InChI is InChI=1S/C20H32N2O2/c1-14-11-18(12-15(2)24-14)21-13-17-9-10-22(3)20(17)16-5-7-19(23-4)8-6-16/h5-8,14-15,17-18,20-21H,9-13H2,1-4H3/t14-,15-,17-,20+/m0/s1. The Kier molecular flexibility index (Phi) is 5.80. The first-order valence-corrected chi connectivity index (χ1v) is 9.30. The van der Waals surface area contributed by atoms with Crippen LogP contribution in [0.4, 0.5) is 0 Å². The van der Waals surface area contributed by atoms with E-state index in [9.17, 15) is 0 Å². The molecule has 4 atom stereocenters. The molecule has 0 unspecified atom stereocenters. The van der Waals surface area contributed by atoms with Gasteiger partial charge < -0.3 is 14.8 Å². The molecule has 2 aliphatic heterocycles.